The number of allylic oxidation sites excluding steroid dienone is 2. The van der Waals surface area contributed by atoms with Gasteiger partial charge in [-0.2, -0.15) is 0 Å². The molecule has 1 unspecified atom stereocenters. The van der Waals surface area contributed by atoms with Crippen LogP contribution in [0.1, 0.15) is 71.0 Å². The van der Waals surface area contributed by atoms with E-state index in [9.17, 15) is 14.7 Å². The number of hydrogen-bond donors (Lipinski definition) is 1. The highest BCUT2D eigenvalue weighted by molar-refractivity contribution is 6.23. The molecule has 36 heavy (non-hydrogen) atoms. The second-order valence-electron chi connectivity index (χ2n) is 9.53. The van der Waals surface area contributed by atoms with Crippen molar-refractivity contribution in [1.82, 2.24) is 5.16 Å². The summed E-state index contributed by atoms with van der Waals surface area (Å²) in [5.41, 5.74) is 4.35. The van der Waals surface area contributed by atoms with Gasteiger partial charge in [0.2, 0.25) is 0 Å². The van der Waals surface area contributed by atoms with Crippen molar-refractivity contribution in [2.45, 2.75) is 57.3 Å². The van der Waals surface area contributed by atoms with E-state index in [4.69, 9.17) is 9.52 Å². The lowest BCUT2D eigenvalue weighted by Gasteiger charge is -2.24. The predicted octanol–water partition coefficient (Wildman–Crippen LogP) is 5.77. The number of ketones is 2. The molecule has 0 amide bonds. The van der Waals surface area contributed by atoms with E-state index in [-0.39, 0.29) is 23.2 Å². The molecule has 6 nitrogen and oxygen atoms in total. The van der Waals surface area contributed by atoms with Crippen LogP contribution in [0.25, 0.3) is 0 Å². The molecule has 0 saturated carbocycles. The van der Waals surface area contributed by atoms with Crippen LogP contribution in [0.5, 0.6) is 0 Å². The standard InChI is InChI=1S/C30H30N2O4/c33-25-12-7-13-28-30(25)24(32-36-28)15-14-23(31-17-16-20-8-3-1-4-9-20)29-26(34)18-22(19-27(29)35)21-10-5-2-6-11-21/h1-6,8-11,22,34H,7,12-19H2. The van der Waals surface area contributed by atoms with E-state index in [1.54, 1.807) is 0 Å². The van der Waals surface area contributed by atoms with Gasteiger partial charge in [0.1, 0.15) is 11.5 Å². The molecule has 0 bridgehead atoms. The molecular formula is C30H30N2O4. The Balaban J connectivity index is 1.40. The second kappa shape index (κ2) is 10.9. The molecule has 2 aliphatic rings. The van der Waals surface area contributed by atoms with Crippen molar-refractivity contribution >= 4 is 17.3 Å². The van der Waals surface area contributed by atoms with Gasteiger partial charge in [0, 0.05) is 37.9 Å². The lowest BCUT2D eigenvalue weighted by Crippen LogP contribution is -2.24. The highest BCUT2D eigenvalue weighted by atomic mass is 16.5. The molecule has 184 valence electrons. The summed E-state index contributed by atoms with van der Waals surface area (Å²) in [6.45, 7) is 0.501. The summed E-state index contributed by atoms with van der Waals surface area (Å²) in [7, 11) is 0. The molecule has 6 heteroatoms. The number of aliphatic hydroxyl groups is 1. The molecular weight excluding hydrogens is 452 g/mol. The Morgan fingerprint density at radius 2 is 1.69 bits per heavy atom. The number of fused-ring (bicyclic) bond motifs is 1. The third-order valence-corrected chi connectivity index (χ3v) is 7.06. The highest BCUT2D eigenvalue weighted by Crippen LogP contribution is 2.35. The van der Waals surface area contributed by atoms with Crippen LogP contribution in [0.2, 0.25) is 0 Å². The zero-order chi connectivity index (χ0) is 24.9. The lowest BCUT2D eigenvalue weighted by molar-refractivity contribution is -0.116. The fourth-order valence-electron chi connectivity index (χ4n) is 5.22. The number of rotatable bonds is 8. The first-order chi connectivity index (χ1) is 17.6. The number of Topliss-reactive ketones (excluding diaryl/α,β-unsaturated/α-hetero) is 2. The summed E-state index contributed by atoms with van der Waals surface area (Å²) >= 11 is 0. The van der Waals surface area contributed by atoms with Crippen molar-refractivity contribution in [3.05, 3.63) is 100 Å². The minimum Gasteiger partial charge on any atom is -0.511 e. The molecule has 2 aliphatic carbocycles. The SMILES string of the molecule is O=C1CC(c2ccccc2)CC(O)=C1C(CCc1noc2c1C(=O)CCC2)=NCCc1ccccc1. The van der Waals surface area contributed by atoms with Crippen molar-refractivity contribution < 1.29 is 19.2 Å². The Hall–Kier alpha value is -3.80. The Kier molecular flexibility index (Phi) is 7.21. The molecule has 0 saturated heterocycles. The van der Waals surface area contributed by atoms with Crippen LogP contribution in [0.4, 0.5) is 0 Å². The second-order valence-corrected chi connectivity index (χ2v) is 9.53. The molecule has 1 atom stereocenters. The fourth-order valence-corrected chi connectivity index (χ4v) is 5.22. The number of aryl methyl sites for hydroxylation is 2. The minimum atomic E-state index is -0.0932. The van der Waals surface area contributed by atoms with Crippen LogP contribution in [0, 0.1) is 0 Å². The number of aliphatic imine (C=N–C) groups is 1. The molecule has 0 aliphatic heterocycles. The van der Waals surface area contributed by atoms with Gasteiger partial charge in [0.15, 0.2) is 11.6 Å². The molecule has 0 spiro atoms. The van der Waals surface area contributed by atoms with E-state index in [2.05, 4.69) is 17.3 Å². The minimum absolute atomic E-state index is 0.0480. The highest BCUT2D eigenvalue weighted by Gasteiger charge is 2.32. The molecule has 5 rings (SSSR count). The summed E-state index contributed by atoms with van der Waals surface area (Å²) in [6.07, 6.45) is 4.31. The van der Waals surface area contributed by atoms with E-state index < -0.39 is 0 Å². The maximum Gasteiger partial charge on any atom is 0.168 e. The number of carbonyl (C=O) groups is 2. The zero-order valence-electron chi connectivity index (χ0n) is 20.3. The fraction of sp³-hybridized carbons (Fsp3) is 0.333. The first-order valence-electron chi connectivity index (χ1n) is 12.7. The van der Waals surface area contributed by atoms with Crippen LogP contribution in [0.15, 0.2) is 81.5 Å². The maximum absolute atomic E-state index is 13.3. The van der Waals surface area contributed by atoms with Gasteiger partial charge in [0.25, 0.3) is 0 Å². The van der Waals surface area contributed by atoms with Crippen molar-refractivity contribution in [2.24, 2.45) is 4.99 Å². The first kappa shape index (κ1) is 23.9. The van der Waals surface area contributed by atoms with Crippen molar-refractivity contribution in [2.75, 3.05) is 6.54 Å². The van der Waals surface area contributed by atoms with E-state index in [1.165, 1.54) is 0 Å². The van der Waals surface area contributed by atoms with Gasteiger partial charge in [-0.15, -0.1) is 0 Å². The largest absolute Gasteiger partial charge is 0.511 e. The third kappa shape index (κ3) is 5.23. The zero-order valence-corrected chi connectivity index (χ0v) is 20.3. The number of nitrogens with zero attached hydrogens (tertiary/aromatic N) is 2. The lowest BCUT2D eigenvalue weighted by atomic mass is 9.80. The van der Waals surface area contributed by atoms with E-state index in [0.717, 1.165) is 30.4 Å². The first-order valence-corrected chi connectivity index (χ1v) is 12.7. The Labute approximate surface area is 210 Å². The average Bonchev–Trinajstić information content (AvgIpc) is 3.32. The summed E-state index contributed by atoms with van der Waals surface area (Å²) < 4.78 is 5.44. The summed E-state index contributed by atoms with van der Waals surface area (Å²) in [6, 6.07) is 19.9. The molecule has 1 aromatic heterocycles. The molecule has 2 aromatic carbocycles. The smallest absolute Gasteiger partial charge is 0.168 e. The van der Waals surface area contributed by atoms with Gasteiger partial charge in [-0.3, -0.25) is 14.6 Å². The third-order valence-electron chi connectivity index (χ3n) is 7.06. The van der Waals surface area contributed by atoms with Crippen molar-refractivity contribution in [3.63, 3.8) is 0 Å². The number of aromatic nitrogens is 1. The van der Waals surface area contributed by atoms with Crippen LogP contribution < -0.4 is 0 Å². The van der Waals surface area contributed by atoms with E-state index >= 15 is 0 Å². The normalized spacial score (nSPS) is 18.4. The van der Waals surface area contributed by atoms with Crippen LogP contribution in [-0.4, -0.2) is 34.1 Å². The Morgan fingerprint density at radius 3 is 2.44 bits per heavy atom. The van der Waals surface area contributed by atoms with Gasteiger partial charge < -0.3 is 9.63 Å². The number of hydrogen-bond acceptors (Lipinski definition) is 6. The Bertz CT molecular complexity index is 1310. The molecule has 0 radical (unpaired) electrons. The summed E-state index contributed by atoms with van der Waals surface area (Å²) in [5, 5.41) is 15.2. The quantitative estimate of drug-likeness (QED) is 0.412. The van der Waals surface area contributed by atoms with E-state index in [0.29, 0.717) is 67.0 Å². The summed E-state index contributed by atoms with van der Waals surface area (Å²) in [4.78, 5) is 30.6. The van der Waals surface area contributed by atoms with Crippen molar-refractivity contribution in [3.8, 4) is 0 Å². The van der Waals surface area contributed by atoms with Crippen LogP contribution >= 0.6 is 0 Å². The predicted molar refractivity (Wildman–Crippen MR) is 138 cm³/mol. The van der Waals surface area contributed by atoms with Gasteiger partial charge in [-0.25, -0.2) is 0 Å². The number of benzene rings is 2. The molecule has 3 aromatic rings. The Morgan fingerprint density at radius 1 is 0.944 bits per heavy atom. The number of aliphatic hydroxyl groups excluding tert-OH is 1. The van der Waals surface area contributed by atoms with Crippen LogP contribution in [0.3, 0.4) is 0 Å². The molecule has 0 fully saturated rings. The summed E-state index contributed by atoms with van der Waals surface area (Å²) in [5.74, 6) is 0.677. The topological polar surface area (TPSA) is 92.8 Å². The van der Waals surface area contributed by atoms with Gasteiger partial charge >= 0.3 is 0 Å². The van der Waals surface area contributed by atoms with Crippen molar-refractivity contribution in [1.29, 1.82) is 0 Å². The molecule has 1 heterocycles. The molecule has 1 N–H and O–H groups in total. The van der Waals surface area contributed by atoms with Gasteiger partial charge in [-0.1, -0.05) is 65.8 Å². The average molecular weight is 483 g/mol. The van der Waals surface area contributed by atoms with Crippen LogP contribution in [-0.2, 0) is 24.1 Å². The van der Waals surface area contributed by atoms with Gasteiger partial charge in [0.05, 0.1) is 16.8 Å². The monoisotopic (exact) mass is 482 g/mol. The van der Waals surface area contributed by atoms with E-state index in [1.807, 2.05) is 48.5 Å². The number of carbonyl (C=O) groups excluding carboxylic acids is 2. The van der Waals surface area contributed by atoms with Gasteiger partial charge in [-0.05, 0) is 42.7 Å². The maximum atomic E-state index is 13.3.